The Bertz CT molecular complexity index is 1240. The highest BCUT2D eigenvalue weighted by atomic mass is 32.2. The average molecular weight is 558 g/mol. The van der Waals surface area contributed by atoms with Crippen molar-refractivity contribution < 1.29 is 27.5 Å². The van der Waals surface area contributed by atoms with Gasteiger partial charge < -0.3 is 19.3 Å². The number of benzene rings is 2. The molecule has 0 radical (unpaired) electrons. The van der Waals surface area contributed by atoms with Gasteiger partial charge in [0.05, 0.1) is 30.2 Å². The first-order valence-electron chi connectivity index (χ1n) is 13.6. The third kappa shape index (κ3) is 7.38. The molecule has 1 saturated heterocycles. The van der Waals surface area contributed by atoms with Crippen molar-refractivity contribution in [2.24, 2.45) is 5.41 Å². The van der Waals surface area contributed by atoms with Crippen LogP contribution >= 0.6 is 0 Å². The number of hydrogen-bond acceptors (Lipinski definition) is 6. The lowest BCUT2D eigenvalue weighted by atomic mass is 9.75. The maximum atomic E-state index is 13.4. The zero-order chi connectivity index (χ0) is 27.9. The van der Waals surface area contributed by atoms with Gasteiger partial charge in [0.1, 0.15) is 12.4 Å². The Labute approximate surface area is 231 Å². The molecule has 2 amide bonds. The van der Waals surface area contributed by atoms with Crippen molar-refractivity contribution in [3.63, 3.8) is 0 Å². The van der Waals surface area contributed by atoms with Crippen molar-refractivity contribution in [1.82, 2.24) is 14.5 Å². The first kappa shape index (κ1) is 29.0. The number of rotatable bonds is 6. The number of nitrogens with zero attached hydrogens (tertiary/aromatic N) is 2. The molecular weight excluding hydrogens is 518 g/mol. The smallest absolute Gasteiger partial charge is 0.257 e. The fourth-order valence-electron chi connectivity index (χ4n) is 5.40. The van der Waals surface area contributed by atoms with E-state index in [1.165, 1.54) is 12.1 Å². The number of aryl methyl sites for hydroxylation is 1. The first-order valence-corrected chi connectivity index (χ1v) is 15.1. The number of carbonyl (C=O) groups excluding carboxylic acids is 2. The Morgan fingerprint density at radius 3 is 2.44 bits per heavy atom. The highest BCUT2D eigenvalue weighted by Gasteiger charge is 2.36. The number of ether oxygens (including phenoxy) is 2. The van der Waals surface area contributed by atoms with Crippen molar-refractivity contribution in [3.05, 3.63) is 59.7 Å². The molecule has 0 saturated carbocycles. The number of hydrogen-bond donors (Lipinski definition) is 1. The summed E-state index contributed by atoms with van der Waals surface area (Å²) in [4.78, 5) is 30.2. The second kappa shape index (κ2) is 12.9. The number of sulfonamides is 1. The van der Waals surface area contributed by atoms with Crippen molar-refractivity contribution >= 4 is 21.8 Å². The van der Waals surface area contributed by atoms with Crippen LogP contribution in [0.5, 0.6) is 5.75 Å². The van der Waals surface area contributed by atoms with E-state index in [4.69, 9.17) is 9.47 Å². The van der Waals surface area contributed by atoms with Gasteiger partial charge in [-0.15, -0.1) is 0 Å². The van der Waals surface area contributed by atoms with E-state index in [-0.39, 0.29) is 41.8 Å². The monoisotopic (exact) mass is 557 g/mol. The molecule has 1 fully saturated rings. The first-order chi connectivity index (χ1) is 18.7. The lowest BCUT2D eigenvalue weighted by molar-refractivity contribution is -0.130. The van der Waals surface area contributed by atoms with Gasteiger partial charge in [-0.1, -0.05) is 36.2 Å². The molecule has 2 aromatic rings. The summed E-state index contributed by atoms with van der Waals surface area (Å²) in [6, 6.07) is 13.7. The van der Waals surface area contributed by atoms with Crippen molar-refractivity contribution in [2.75, 3.05) is 53.0 Å². The molecule has 39 heavy (non-hydrogen) atoms. The fourth-order valence-corrected chi connectivity index (χ4v) is 6.37. The van der Waals surface area contributed by atoms with Gasteiger partial charge in [0.2, 0.25) is 15.9 Å². The van der Waals surface area contributed by atoms with E-state index in [1.807, 2.05) is 24.0 Å². The number of carbonyl (C=O) groups is 2. The van der Waals surface area contributed by atoms with Crippen LogP contribution in [0.2, 0.25) is 0 Å². The molecule has 5 rings (SSSR count). The van der Waals surface area contributed by atoms with E-state index >= 15 is 0 Å². The highest BCUT2D eigenvalue weighted by Crippen LogP contribution is 2.38. The van der Waals surface area contributed by atoms with Crippen LogP contribution in [0, 0.1) is 12.3 Å². The summed E-state index contributed by atoms with van der Waals surface area (Å²) < 4.78 is 39.5. The molecule has 0 aromatic heterocycles. The quantitative estimate of drug-likeness (QED) is 0.585. The summed E-state index contributed by atoms with van der Waals surface area (Å²) >= 11 is 0. The number of amides is 2. The standard InChI is InChI=1S/C29H39N3O6S/c1-23-9-11-24(12-10-23)39(35,36)30-21-27(33)31-16-6-5-13-29(22-37-2)14-17-32(18-15-29)28(34)25-7-3-4-8-26(25)38-20-19-31/h3-4,7-12,30H,5-6,13-22H2,1-2H3. The molecule has 3 heterocycles. The topological polar surface area (TPSA) is 105 Å². The third-order valence-electron chi connectivity index (χ3n) is 7.78. The van der Waals surface area contributed by atoms with Crippen LogP contribution in [-0.2, 0) is 19.6 Å². The summed E-state index contributed by atoms with van der Waals surface area (Å²) in [7, 11) is -2.10. The summed E-state index contributed by atoms with van der Waals surface area (Å²) in [6.45, 7) is 4.47. The minimum absolute atomic E-state index is 0.000236. The number of nitrogens with one attached hydrogen (secondary N) is 1. The Morgan fingerprint density at radius 1 is 1.00 bits per heavy atom. The van der Waals surface area contributed by atoms with Gasteiger partial charge in [-0.05, 0) is 62.3 Å². The minimum Gasteiger partial charge on any atom is -0.491 e. The van der Waals surface area contributed by atoms with E-state index in [9.17, 15) is 18.0 Å². The SMILES string of the molecule is COCC12CCCCN(C(=O)CNS(=O)(=O)c3ccc(C)cc3)CCOc3ccccc3C(=O)N(CC1)CC2. The van der Waals surface area contributed by atoms with E-state index in [0.29, 0.717) is 37.6 Å². The van der Waals surface area contributed by atoms with Crippen LogP contribution in [0.15, 0.2) is 53.4 Å². The molecule has 2 bridgehead atoms. The van der Waals surface area contributed by atoms with Gasteiger partial charge in [-0.2, -0.15) is 0 Å². The van der Waals surface area contributed by atoms with Crippen LogP contribution in [0.4, 0.5) is 0 Å². The Balaban J connectivity index is 1.48. The number of piperidine rings is 1. The fraction of sp³-hybridized carbons (Fsp3) is 0.517. The molecule has 3 aliphatic rings. The predicted molar refractivity (Wildman–Crippen MR) is 148 cm³/mol. The van der Waals surface area contributed by atoms with E-state index in [1.54, 1.807) is 36.3 Å². The van der Waals surface area contributed by atoms with E-state index in [2.05, 4.69) is 4.72 Å². The Kier molecular flexibility index (Phi) is 9.63. The normalized spacial score (nSPS) is 18.6. The summed E-state index contributed by atoms with van der Waals surface area (Å²) in [5.41, 5.74) is 1.46. The molecule has 0 aliphatic carbocycles. The van der Waals surface area contributed by atoms with Gasteiger partial charge in [0.15, 0.2) is 0 Å². The molecule has 3 aliphatic heterocycles. The van der Waals surface area contributed by atoms with E-state index < -0.39 is 10.0 Å². The molecule has 1 N–H and O–H groups in total. The molecular formula is C29H39N3O6S. The van der Waals surface area contributed by atoms with Gasteiger partial charge in [0, 0.05) is 26.7 Å². The van der Waals surface area contributed by atoms with Crippen LogP contribution < -0.4 is 9.46 Å². The largest absolute Gasteiger partial charge is 0.491 e. The second-order valence-electron chi connectivity index (χ2n) is 10.5. The zero-order valence-electron chi connectivity index (χ0n) is 22.9. The highest BCUT2D eigenvalue weighted by molar-refractivity contribution is 7.89. The zero-order valence-corrected chi connectivity index (χ0v) is 23.7. The van der Waals surface area contributed by atoms with Gasteiger partial charge in [-0.3, -0.25) is 9.59 Å². The maximum absolute atomic E-state index is 13.4. The Hall–Kier alpha value is -2.95. The van der Waals surface area contributed by atoms with Gasteiger partial charge in [-0.25, -0.2) is 13.1 Å². The predicted octanol–water partition coefficient (Wildman–Crippen LogP) is 3.23. The summed E-state index contributed by atoms with van der Waals surface area (Å²) in [6.07, 6.45) is 4.34. The van der Waals surface area contributed by atoms with Crippen LogP contribution in [0.25, 0.3) is 0 Å². The molecule has 2 aromatic carbocycles. The van der Waals surface area contributed by atoms with Crippen molar-refractivity contribution in [1.29, 1.82) is 0 Å². The molecule has 212 valence electrons. The number of methoxy groups -OCH3 is 1. The molecule has 9 nitrogen and oxygen atoms in total. The molecule has 10 heteroatoms. The van der Waals surface area contributed by atoms with Crippen molar-refractivity contribution in [3.8, 4) is 5.75 Å². The van der Waals surface area contributed by atoms with Crippen molar-refractivity contribution in [2.45, 2.75) is 43.9 Å². The van der Waals surface area contributed by atoms with Crippen LogP contribution in [0.1, 0.15) is 48.0 Å². The van der Waals surface area contributed by atoms with Crippen LogP contribution in [0.3, 0.4) is 0 Å². The molecule has 0 atom stereocenters. The number of fused-ring (bicyclic) bond motifs is 9. The lowest BCUT2D eigenvalue weighted by Crippen LogP contribution is -2.45. The second-order valence-corrected chi connectivity index (χ2v) is 12.3. The maximum Gasteiger partial charge on any atom is 0.257 e. The summed E-state index contributed by atoms with van der Waals surface area (Å²) in [5.74, 6) is 0.116. The molecule has 0 unspecified atom stereocenters. The van der Waals surface area contributed by atoms with Gasteiger partial charge >= 0.3 is 0 Å². The Morgan fingerprint density at radius 2 is 1.72 bits per heavy atom. The molecule has 0 spiro atoms. The average Bonchev–Trinajstić information content (AvgIpc) is 2.94. The van der Waals surface area contributed by atoms with E-state index in [0.717, 1.165) is 37.7 Å². The third-order valence-corrected chi connectivity index (χ3v) is 9.20. The van der Waals surface area contributed by atoms with Gasteiger partial charge in [0.25, 0.3) is 5.91 Å². The van der Waals surface area contributed by atoms with Crippen LogP contribution in [-0.4, -0.2) is 83.1 Å². The summed E-state index contributed by atoms with van der Waals surface area (Å²) in [5, 5.41) is 0. The lowest BCUT2D eigenvalue weighted by Gasteiger charge is -2.41. The minimum atomic E-state index is -3.82. The number of para-hydroxylation sites is 1.